The number of carbonyl (C=O) groups is 4. The molecule has 0 radical (unpaired) electrons. The molecule has 4 aromatic carbocycles. The molecule has 6 heteroatoms. The molecule has 1 fully saturated rings. The number of esters is 1. The van der Waals surface area contributed by atoms with Crippen molar-refractivity contribution in [2.24, 2.45) is 11.8 Å². The Balaban J connectivity index is 1.25. The monoisotopic (exact) mass is 513 g/mol. The lowest BCUT2D eigenvalue weighted by Crippen LogP contribution is -2.41. The Labute approximate surface area is 224 Å². The van der Waals surface area contributed by atoms with Gasteiger partial charge in [-0.1, -0.05) is 66.7 Å². The van der Waals surface area contributed by atoms with Crippen LogP contribution < -0.4 is 9.64 Å². The molecule has 190 valence electrons. The minimum atomic E-state index is -0.679. The second-order valence-corrected chi connectivity index (χ2v) is 10.3. The molecule has 2 atom stereocenters. The van der Waals surface area contributed by atoms with Gasteiger partial charge in [-0.3, -0.25) is 14.4 Å². The highest BCUT2D eigenvalue weighted by Gasteiger charge is 2.61. The molecule has 0 N–H and O–H groups in total. The summed E-state index contributed by atoms with van der Waals surface area (Å²) in [6.45, 7) is 1.40. The zero-order valence-corrected chi connectivity index (χ0v) is 21.0. The number of Topliss-reactive ketones (excluding diaryl/α,β-unsaturated/α-hetero) is 1. The first kappa shape index (κ1) is 23.3. The Morgan fingerprint density at radius 1 is 0.667 bits per heavy atom. The number of benzene rings is 4. The topological polar surface area (TPSA) is 80.8 Å². The molecule has 0 unspecified atom stereocenters. The van der Waals surface area contributed by atoms with Crippen molar-refractivity contribution in [2.75, 3.05) is 4.90 Å². The summed E-state index contributed by atoms with van der Waals surface area (Å²) >= 11 is 0. The van der Waals surface area contributed by atoms with Gasteiger partial charge in [0.15, 0.2) is 5.78 Å². The first-order chi connectivity index (χ1) is 19.0. The van der Waals surface area contributed by atoms with Crippen LogP contribution in [-0.2, 0) is 9.59 Å². The predicted octanol–water partition coefficient (Wildman–Crippen LogP) is 5.51. The van der Waals surface area contributed by atoms with Crippen LogP contribution in [0, 0.1) is 11.8 Å². The van der Waals surface area contributed by atoms with E-state index in [-0.39, 0.29) is 40.7 Å². The maximum atomic E-state index is 14.0. The van der Waals surface area contributed by atoms with Gasteiger partial charge >= 0.3 is 5.97 Å². The average molecular weight is 514 g/mol. The molecule has 0 saturated carbocycles. The molecule has 3 aliphatic carbocycles. The molecule has 0 spiro atoms. The molecule has 6 nitrogen and oxygen atoms in total. The van der Waals surface area contributed by atoms with Crippen molar-refractivity contribution in [3.8, 4) is 5.75 Å². The van der Waals surface area contributed by atoms with Gasteiger partial charge in [0.1, 0.15) is 5.75 Å². The quantitative estimate of drug-likeness (QED) is 0.156. The number of hydrogen-bond acceptors (Lipinski definition) is 5. The molecule has 4 aliphatic rings. The molecule has 39 heavy (non-hydrogen) atoms. The van der Waals surface area contributed by atoms with E-state index in [0.717, 1.165) is 22.3 Å². The lowest BCUT2D eigenvalue weighted by Gasteiger charge is -2.45. The van der Waals surface area contributed by atoms with Crippen LogP contribution in [0.5, 0.6) is 5.75 Å². The van der Waals surface area contributed by atoms with Gasteiger partial charge in [-0.25, -0.2) is 9.69 Å². The Hall–Kier alpha value is -4.84. The fourth-order valence-electron chi connectivity index (χ4n) is 6.71. The number of para-hydroxylation sites is 1. The number of ketones is 1. The first-order valence-electron chi connectivity index (χ1n) is 12.9. The lowest BCUT2D eigenvalue weighted by molar-refractivity contribution is -0.122. The van der Waals surface area contributed by atoms with Crippen molar-refractivity contribution < 1.29 is 23.9 Å². The molecule has 2 bridgehead atoms. The van der Waals surface area contributed by atoms with Gasteiger partial charge < -0.3 is 4.74 Å². The number of hydrogen-bond donors (Lipinski definition) is 0. The SMILES string of the molecule is CC(=O)c1ccccc1OC(=O)c1cccc(N2C(=O)[C@@H]3C4c5ccccc5C(c5ccccc54)[C@H]3C2=O)c1. The fourth-order valence-corrected chi connectivity index (χ4v) is 6.71. The molecular formula is C33H23NO5. The smallest absolute Gasteiger partial charge is 0.343 e. The van der Waals surface area contributed by atoms with Crippen LogP contribution in [0.4, 0.5) is 5.69 Å². The van der Waals surface area contributed by atoms with Crippen molar-refractivity contribution in [3.63, 3.8) is 0 Å². The van der Waals surface area contributed by atoms with E-state index in [1.807, 2.05) is 24.3 Å². The summed E-state index contributed by atoms with van der Waals surface area (Å²) in [5.74, 6) is -2.67. The standard InChI is InChI=1S/C33H23NO5/c1-18(35)21-11-6-7-16-26(21)39-33(38)19-9-8-10-20(17-19)34-31(36)29-27-22-12-2-3-13-23(22)28(30(29)32(34)37)25-15-5-4-14-24(25)27/h2-17,27-30H,1H3/t27?,28?,29-,30-/m1/s1. The second kappa shape index (κ2) is 8.60. The van der Waals surface area contributed by atoms with Crippen LogP contribution >= 0.6 is 0 Å². The molecule has 1 aliphatic heterocycles. The second-order valence-electron chi connectivity index (χ2n) is 10.3. The summed E-state index contributed by atoms with van der Waals surface area (Å²) in [4.78, 5) is 54.3. The van der Waals surface area contributed by atoms with E-state index in [0.29, 0.717) is 11.3 Å². The van der Waals surface area contributed by atoms with Gasteiger partial charge in [0.25, 0.3) is 0 Å². The Morgan fingerprint density at radius 2 is 1.18 bits per heavy atom. The number of anilines is 1. The summed E-state index contributed by atoms with van der Waals surface area (Å²) in [7, 11) is 0. The average Bonchev–Trinajstić information content (AvgIpc) is 3.23. The van der Waals surface area contributed by atoms with Crippen molar-refractivity contribution >= 4 is 29.3 Å². The third-order valence-corrected chi connectivity index (χ3v) is 8.26. The Bertz CT molecular complexity index is 1610. The third-order valence-electron chi connectivity index (χ3n) is 8.26. The van der Waals surface area contributed by atoms with Crippen molar-refractivity contribution in [2.45, 2.75) is 18.8 Å². The fraction of sp³-hybridized carbons (Fsp3) is 0.152. The van der Waals surface area contributed by atoms with Crippen LogP contribution in [-0.4, -0.2) is 23.6 Å². The minimum Gasteiger partial charge on any atom is -0.422 e. The van der Waals surface area contributed by atoms with Crippen LogP contribution in [0.25, 0.3) is 0 Å². The van der Waals surface area contributed by atoms with Crippen molar-refractivity contribution in [1.82, 2.24) is 0 Å². The van der Waals surface area contributed by atoms with Gasteiger partial charge in [-0.05, 0) is 59.5 Å². The van der Waals surface area contributed by atoms with Gasteiger partial charge in [0.2, 0.25) is 11.8 Å². The number of rotatable bonds is 4. The summed E-state index contributed by atoms with van der Waals surface area (Å²) < 4.78 is 5.54. The molecular weight excluding hydrogens is 490 g/mol. The number of nitrogens with zero attached hydrogens (tertiary/aromatic N) is 1. The van der Waals surface area contributed by atoms with E-state index in [1.54, 1.807) is 42.5 Å². The zero-order valence-electron chi connectivity index (χ0n) is 21.0. The minimum absolute atomic E-state index is 0.159. The van der Waals surface area contributed by atoms with E-state index in [4.69, 9.17) is 4.74 Å². The number of imide groups is 1. The van der Waals surface area contributed by atoms with Crippen LogP contribution in [0.15, 0.2) is 97.1 Å². The summed E-state index contributed by atoms with van der Waals surface area (Å²) in [6, 6.07) is 29.1. The highest BCUT2D eigenvalue weighted by atomic mass is 16.5. The van der Waals surface area contributed by atoms with Crippen LogP contribution in [0.1, 0.15) is 61.7 Å². The summed E-state index contributed by atoms with van der Waals surface area (Å²) in [5, 5.41) is 0. The van der Waals surface area contributed by atoms with E-state index in [1.165, 1.54) is 17.9 Å². The van der Waals surface area contributed by atoms with Gasteiger partial charge in [0, 0.05) is 11.8 Å². The largest absolute Gasteiger partial charge is 0.422 e. The molecule has 1 heterocycles. The number of amides is 2. The molecule has 1 saturated heterocycles. The van der Waals surface area contributed by atoms with E-state index in [2.05, 4.69) is 24.3 Å². The zero-order chi connectivity index (χ0) is 26.8. The van der Waals surface area contributed by atoms with Crippen LogP contribution in [0.2, 0.25) is 0 Å². The predicted molar refractivity (Wildman–Crippen MR) is 144 cm³/mol. The van der Waals surface area contributed by atoms with E-state index >= 15 is 0 Å². The van der Waals surface area contributed by atoms with Gasteiger partial charge in [-0.2, -0.15) is 0 Å². The Kier molecular flexibility index (Phi) is 5.13. The maximum Gasteiger partial charge on any atom is 0.343 e. The normalized spacial score (nSPS) is 22.2. The molecule has 4 aromatic rings. The summed E-state index contributed by atoms with van der Waals surface area (Å²) in [6.07, 6.45) is 0. The van der Waals surface area contributed by atoms with Gasteiger partial charge in [-0.15, -0.1) is 0 Å². The van der Waals surface area contributed by atoms with Crippen LogP contribution in [0.3, 0.4) is 0 Å². The molecule has 2 amide bonds. The van der Waals surface area contributed by atoms with E-state index in [9.17, 15) is 19.2 Å². The number of ether oxygens (including phenoxy) is 1. The van der Waals surface area contributed by atoms with Gasteiger partial charge in [0.05, 0.1) is 28.7 Å². The third kappa shape index (κ3) is 3.34. The highest BCUT2D eigenvalue weighted by molar-refractivity contribution is 6.23. The summed E-state index contributed by atoms with van der Waals surface area (Å²) in [5.41, 5.74) is 5.22. The number of carbonyl (C=O) groups excluding carboxylic acids is 4. The Morgan fingerprint density at radius 3 is 1.72 bits per heavy atom. The lowest BCUT2D eigenvalue weighted by atomic mass is 9.55. The molecule has 0 aromatic heterocycles. The maximum absolute atomic E-state index is 14.0. The molecule has 8 rings (SSSR count). The highest BCUT2D eigenvalue weighted by Crippen LogP contribution is 2.61. The first-order valence-corrected chi connectivity index (χ1v) is 12.9. The van der Waals surface area contributed by atoms with Crippen molar-refractivity contribution in [3.05, 3.63) is 130 Å². The van der Waals surface area contributed by atoms with E-state index < -0.39 is 17.8 Å². The van der Waals surface area contributed by atoms with Crippen molar-refractivity contribution in [1.29, 1.82) is 0 Å².